The summed E-state index contributed by atoms with van der Waals surface area (Å²) < 4.78 is 24.6. The fraction of sp³-hybridized carbons (Fsp3) is 0.889. The van der Waals surface area contributed by atoms with Gasteiger partial charge in [0.2, 0.25) is 0 Å². The summed E-state index contributed by atoms with van der Waals surface area (Å²) in [6.45, 7) is 2.96. The molecule has 2 rings (SSSR count). The zero-order valence-electron chi connectivity index (χ0n) is 9.09. The SMILES string of the molecule is CCC(SC1=NCCS1)C1[S@@](=O)CC[S@@]1=O. The molecule has 2 aliphatic heterocycles. The molecule has 0 radical (unpaired) electrons. The summed E-state index contributed by atoms with van der Waals surface area (Å²) >= 11 is 3.45. The van der Waals surface area contributed by atoms with E-state index in [2.05, 4.69) is 11.9 Å². The van der Waals surface area contributed by atoms with Gasteiger partial charge in [0.15, 0.2) is 0 Å². The van der Waals surface area contributed by atoms with Crippen molar-refractivity contribution in [2.24, 2.45) is 4.99 Å². The van der Waals surface area contributed by atoms with Crippen molar-refractivity contribution in [2.75, 3.05) is 23.8 Å². The Labute approximate surface area is 110 Å². The van der Waals surface area contributed by atoms with Crippen LogP contribution >= 0.6 is 23.5 Å². The second-order valence-electron chi connectivity index (χ2n) is 3.60. The fourth-order valence-corrected chi connectivity index (χ4v) is 9.29. The molecule has 2 heterocycles. The summed E-state index contributed by atoms with van der Waals surface area (Å²) in [5.74, 6) is 2.26. The Balaban J connectivity index is 2.03. The Bertz CT molecular complexity index is 328. The molecule has 16 heavy (non-hydrogen) atoms. The predicted molar refractivity (Wildman–Crippen MR) is 76.2 cm³/mol. The largest absolute Gasteiger partial charge is 0.271 e. The molecule has 0 aromatic rings. The predicted octanol–water partition coefficient (Wildman–Crippen LogP) is 1.44. The Kier molecular flexibility index (Phi) is 4.93. The summed E-state index contributed by atoms with van der Waals surface area (Å²) in [5.41, 5.74) is 0. The fourth-order valence-electron chi connectivity index (χ4n) is 1.70. The minimum Gasteiger partial charge on any atom is -0.271 e. The molecule has 1 saturated heterocycles. The molecule has 0 aromatic heterocycles. The van der Waals surface area contributed by atoms with E-state index in [0.717, 1.165) is 23.1 Å². The monoisotopic (exact) mass is 297 g/mol. The highest BCUT2D eigenvalue weighted by atomic mass is 32.3. The van der Waals surface area contributed by atoms with Crippen LogP contribution in [0.4, 0.5) is 0 Å². The molecule has 3 atom stereocenters. The quantitative estimate of drug-likeness (QED) is 0.791. The third kappa shape index (κ3) is 2.91. The first-order valence-electron chi connectivity index (χ1n) is 5.30. The van der Waals surface area contributed by atoms with E-state index in [1.807, 2.05) is 0 Å². The molecule has 0 aromatic carbocycles. The smallest absolute Gasteiger partial charge is 0.124 e. The van der Waals surface area contributed by atoms with Gasteiger partial charge in [-0.2, -0.15) is 0 Å². The minimum atomic E-state index is -0.906. The second kappa shape index (κ2) is 6.02. The van der Waals surface area contributed by atoms with E-state index in [1.165, 1.54) is 0 Å². The van der Waals surface area contributed by atoms with Gasteiger partial charge in [0.05, 0.1) is 6.54 Å². The van der Waals surface area contributed by atoms with Crippen molar-refractivity contribution in [3.8, 4) is 0 Å². The van der Waals surface area contributed by atoms with Crippen LogP contribution in [0.3, 0.4) is 0 Å². The highest BCUT2D eigenvalue weighted by molar-refractivity contribution is 8.39. The van der Waals surface area contributed by atoms with Crippen molar-refractivity contribution < 1.29 is 8.42 Å². The van der Waals surface area contributed by atoms with E-state index in [9.17, 15) is 8.42 Å². The van der Waals surface area contributed by atoms with Crippen LogP contribution < -0.4 is 0 Å². The van der Waals surface area contributed by atoms with Gasteiger partial charge in [-0.1, -0.05) is 30.4 Å². The molecular weight excluding hydrogens is 282 g/mol. The lowest BCUT2D eigenvalue weighted by Gasteiger charge is -2.19. The second-order valence-corrected chi connectivity index (χ2v) is 9.82. The third-order valence-electron chi connectivity index (χ3n) is 2.52. The zero-order chi connectivity index (χ0) is 11.5. The summed E-state index contributed by atoms with van der Waals surface area (Å²) in [7, 11) is -1.81. The number of hydrogen-bond donors (Lipinski definition) is 0. The van der Waals surface area contributed by atoms with Gasteiger partial charge in [0, 0.05) is 44.1 Å². The van der Waals surface area contributed by atoms with Gasteiger partial charge in [0.25, 0.3) is 0 Å². The van der Waals surface area contributed by atoms with E-state index in [1.54, 1.807) is 23.5 Å². The number of hydrogen-bond acceptors (Lipinski definition) is 5. The summed E-state index contributed by atoms with van der Waals surface area (Å²) in [6, 6.07) is 0. The molecule has 0 spiro atoms. The van der Waals surface area contributed by atoms with Crippen LogP contribution in [-0.2, 0) is 21.6 Å². The maximum Gasteiger partial charge on any atom is 0.124 e. The number of aliphatic imine (C=N–C) groups is 1. The molecule has 0 bridgehead atoms. The van der Waals surface area contributed by atoms with E-state index in [-0.39, 0.29) is 9.83 Å². The van der Waals surface area contributed by atoms with E-state index >= 15 is 0 Å². The molecular formula is C9H15NO2S4. The molecule has 92 valence electrons. The van der Waals surface area contributed by atoms with Crippen LogP contribution in [0.1, 0.15) is 13.3 Å². The summed E-state index contributed by atoms with van der Waals surface area (Å²) in [6.07, 6.45) is 0.909. The first-order chi connectivity index (χ1) is 7.72. The Morgan fingerprint density at radius 3 is 2.69 bits per heavy atom. The maximum absolute atomic E-state index is 11.8. The van der Waals surface area contributed by atoms with Crippen molar-refractivity contribution in [1.82, 2.24) is 0 Å². The van der Waals surface area contributed by atoms with Crippen molar-refractivity contribution >= 4 is 49.5 Å². The lowest BCUT2D eigenvalue weighted by Crippen LogP contribution is -2.28. The van der Waals surface area contributed by atoms with Gasteiger partial charge in [-0.3, -0.25) is 13.4 Å². The molecule has 1 fully saturated rings. The van der Waals surface area contributed by atoms with Crippen molar-refractivity contribution in [1.29, 1.82) is 0 Å². The Morgan fingerprint density at radius 1 is 1.50 bits per heavy atom. The van der Waals surface area contributed by atoms with Crippen LogP contribution in [0, 0.1) is 0 Å². The van der Waals surface area contributed by atoms with E-state index in [0.29, 0.717) is 11.5 Å². The van der Waals surface area contributed by atoms with Crippen molar-refractivity contribution in [3.05, 3.63) is 0 Å². The van der Waals surface area contributed by atoms with Crippen molar-refractivity contribution in [3.63, 3.8) is 0 Å². The topological polar surface area (TPSA) is 46.5 Å². The van der Waals surface area contributed by atoms with Gasteiger partial charge in [-0.05, 0) is 6.42 Å². The average molecular weight is 297 g/mol. The van der Waals surface area contributed by atoms with Crippen LogP contribution in [-0.4, -0.2) is 46.4 Å². The molecule has 3 nitrogen and oxygen atoms in total. The average Bonchev–Trinajstić information content (AvgIpc) is 2.87. The Hall–Kier alpha value is 0.670. The van der Waals surface area contributed by atoms with Gasteiger partial charge < -0.3 is 0 Å². The highest BCUT2D eigenvalue weighted by Gasteiger charge is 2.37. The summed E-state index contributed by atoms with van der Waals surface area (Å²) in [5, 5.41) is 0.202. The molecule has 7 heteroatoms. The number of rotatable bonds is 3. The highest BCUT2D eigenvalue weighted by Crippen LogP contribution is 2.33. The van der Waals surface area contributed by atoms with E-state index < -0.39 is 21.6 Å². The van der Waals surface area contributed by atoms with Crippen LogP contribution in [0.25, 0.3) is 0 Å². The first-order valence-corrected chi connectivity index (χ1v) is 9.93. The van der Waals surface area contributed by atoms with Crippen LogP contribution in [0.5, 0.6) is 0 Å². The lowest BCUT2D eigenvalue weighted by atomic mass is 10.4. The lowest BCUT2D eigenvalue weighted by molar-refractivity contribution is 0.672. The normalized spacial score (nSPS) is 32.9. The van der Waals surface area contributed by atoms with Crippen molar-refractivity contribution in [2.45, 2.75) is 23.2 Å². The summed E-state index contributed by atoms with van der Waals surface area (Å²) in [4.78, 5) is 4.39. The van der Waals surface area contributed by atoms with Gasteiger partial charge >= 0.3 is 0 Å². The van der Waals surface area contributed by atoms with Crippen LogP contribution in [0.15, 0.2) is 4.99 Å². The van der Waals surface area contributed by atoms with Gasteiger partial charge in [-0.25, -0.2) is 0 Å². The van der Waals surface area contributed by atoms with Gasteiger partial charge in [0.1, 0.15) is 8.96 Å². The molecule has 0 N–H and O–H groups in total. The molecule has 1 unspecified atom stereocenters. The Morgan fingerprint density at radius 2 is 2.19 bits per heavy atom. The molecule has 0 saturated carbocycles. The van der Waals surface area contributed by atoms with E-state index in [4.69, 9.17) is 0 Å². The molecule has 0 aliphatic carbocycles. The maximum atomic E-state index is 11.8. The third-order valence-corrected chi connectivity index (χ3v) is 9.96. The number of nitrogens with zero attached hydrogens (tertiary/aromatic N) is 1. The van der Waals surface area contributed by atoms with Gasteiger partial charge in [-0.15, -0.1) is 0 Å². The molecule has 2 aliphatic rings. The molecule has 0 amide bonds. The van der Waals surface area contributed by atoms with Crippen LogP contribution in [0.2, 0.25) is 0 Å². The number of thioether (sulfide) groups is 2. The zero-order valence-corrected chi connectivity index (χ0v) is 12.4. The standard InChI is InChI=1S/C9H15NO2S4/c1-2-7(14-9-10-3-4-13-9)8-15(11)5-6-16(8)12/h7-8H,2-6H2,1H3/t7?,15-,16-/m0/s1. The first kappa shape index (κ1) is 13.1. The minimum absolute atomic E-state index is 0.140.